The average molecular weight is 512 g/mol. The van der Waals surface area contributed by atoms with E-state index in [4.69, 9.17) is 11.6 Å². The first-order chi connectivity index (χ1) is 16.9. The first-order valence-electron chi connectivity index (χ1n) is 12.2. The van der Waals surface area contributed by atoms with E-state index < -0.39 is 6.10 Å². The molecule has 1 aromatic carbocycles. The molecule has 0 unspecified atom stereocenters. The van der Waals surface area contributed by atoms with Gasteiger partial charge in [0.2, 0.25) is 5.91 Å². The number of rotatable bonds is 7. The lowest BCUT2D eigenvalue weighted by Gasteiger charge is -2.20. The molecule has 2 N–H and O–H groups in total. The fourth-order valence-corrected chi connectivity index (χ4v) is 5.53. The van der Waals surface area contributed by atoms with Crippen molar-refractivity contribution >= 4 is 34.2 Å². The summed E-state index contributed by atoms with van der Waals surface area (Å²) in [6.07, 6.45) is 1.97. The van der Waals surface area contributed by atoms with E-state index in [-0.39, 0.29) is 36.0 Å². The van der Waals surface area contributed by atoms with Crippen LogP contribution < -0.4 is 0 Å². The predicted octanol–water partition coefficient (Wildman–Crippen LogP) is 3.92. The highest BCUT2D eigenvalue weighted by Crippen LogP contribution is 2.34. The van der Waals surface area contributed by atoms with Crippen molar-refractivity contribution in [3.05, 3.63) is 58.3 Å². The molecule has 1 amide bonds. The van der Waals surface area contributed by atoms with E-state index >= 15 is 0 Å². The van der Waals surface area contributed by atoms with Crippen LogP contribution in [0.25, 0.3) is 10.9 Å². The van der Waals surface area contributed by atoms with Crippen LogP contribution in [-0.2, 0) is 30.1 Å². The molecule has 2 atom stereocenters. The molecule has 3 heterocycles. The van der Waals surface area contributed by atoms with Crippen molar-refractivity contribution in [1.29, 1.82) is 0 Å². The lowest BCUT2D eigenvalue weighted by atomic mass is 9.86. The number of carbonyl (C=O) groups is 2. The second-order valence-electron chi connectivity index (χ2n) is 10.7. The normalized spacial score (nSPS) is 18.2. The summed E-state index contributed by atoms with van der Waals surface area (Å²) < 4.78 is 1.85. The van der Waals surface area contributed by atoms with Gasteiger partial charge >= 0.3 is 0 Å². The van der Waals surface area contributed by atoms with Crippen molar-refractivity contribution in [2.45, 2.75) is 58.5 Å². The van der Waals surface area contributed by atoms with Crippen LogP contribution in [0.1, 0.15) is 60.5 Å². The fourth-order valence-electron chi connectivity index (χ4n) is 5.09. The monoisotopic (exact) mass is 511 g/mol. The third kappa shape index (κ3) is 4.97. The number of likely N-dealkylation sites (tertiary alicyclic amines) is 1. The van der Waals surface area contributed by atoms with Gasteiger partial charge in [-0.3, -0.25) is 14.7 Å². The molecule has 0 aliphatic carbocycles. The number of ketones is 1. The Morgan fingerprint density at radius 2 is 2.00 bits per heavy atom. The van der Waals surface area contributed by atoms with Crippen molar-refractivity contribution in [3.63, 3.8) is 0 Å². The third-order valence-electron chi connectivity index (χ3n) is 7.09. The summed E-state index contributed by atoms with van der Waals surface area (Å²) in [6, 6.07) is 4.02. The molecular weight excluding hydrogens is 478 g/mol. The van der Waals surface area contributed by atoms with Gasteiger partial charge in [0.05, 0.1) is 17.3 Å². The summed E-state index contributed by atoms with van der Waals surface area (Å²) in [5.41, 5.74) is 4.02. The number of H-pyrrole nitrogens is 1. The summed E-state index contributed by atoms with van der Waals surface area (Å²) in [5.74, 6) is 0.187. The molecule has 1 saturated heterocycles. The number of hydrogen-bond acceptors (Lipinski definition) is 5. The molecule has 36 heavy (non-hydrogen) atoms. The van der Waals surface area contributed by atoms with Gasteiger partial charge in [-0.05, 0) is 42.5 Å². The Morgan fingerprint density at radius 1 is 1.28 bits per heavy atom. The number of aromatic amines is 1. The van der Waals surface area contributed by atoms with E-state index in [1.54, 1.807) is 0 Å². The highest BCUT2D eigenvalue weighted by Gasteiger charge is 2.35. The molecule has 0 radical (unpaired) electrons. The van der Waals surface area contributed by atoms with Gasteiger partial charge in [0.25, 0.3) is 0 Å². The summed E-state index contributed by atoms with van der Waals surface area (Å²) >= 11 is 6.50. The smallest absolute Gasteiger partial charge is 0.246 e. The molecule has 9 heteroatoms. The predicted molar refractivity (Wildman–Crippen MR) is 140 cm³/mol. The Bertz CT molecular complexity index is 1330. The number of halogens is 1. The standard InChI is InChI=1S/C27H34ClN5O3/c1-7-25(36)33-13-16(23(35)14-33)10-22(34)26-15(2)29-24(32(26)6)9-8-20-17-11-18(27(3,4)5)19(28)12-21(17)31-30-20/h7,11-12,16,23,35H,1,8-10,13-14H2,2-6H3,(H,30,31)/t16-,23-/m0/s1. The van der Waals surface area contributed by atoms with E-state index in [0.717, 1.165) is 28.0 Å². The lowest BCUT2D eigenvalue weighted by molar-refractivity contribution is -0.125. The second kappa shape index (κ2) is 9.82. The van der Waals surface area contributed by atoms with Crippen molar-refractivity contribution in [1.82, 2.24) is 24.6 Å². The number of aliphatic hydroxyl groups is 1. The van der Waals surface area contributed by atoms with Gasteiger partial charge < -0.3 is 14.6 Å². The maximum atomic E-state index is 13.2. The topological polar surface area (TPSA) is 104 Å². The lowest BCUT2D eigenvalue weighted by Crippen LogP contribution is -2.27. The van der Waals surface area contributed by atoms with Gasteiger partial charge in [-0.15, -0.1) is 0 Å². The second-order valence-corrected chi connectivity index (χ2v) is 11.1. The molecule has 1 aliphatic rings. The molecule has 4 rings (SSSR count). The number of amides is 1. The van der Waals surface area contributed by atoms with Crippen LogP contribution in [0, 0.1) is 12.8 Å². The van der Waals surface area contributed by atoms with Crippen molar-refractivity contribution in [2.24, 2.45) is 13.0 Å². The van der Waals surface area contributed by atoms with E-state index in [1.807, 2.05) is 24.6 Å². The van der Waals surface area contributed by atoms with Gasteiger partial charge in [0.1, 0.15) is 11.5 Å². The van der Waals surface area contributed by atoms with Crippen molar-refractivity contribution < 1.29 is 14.7 Å². The molecule has 192 valence electrons. The number of benzene rings is 1. The number of nitrogens with one attached hydrogen (secondary N) is 1. The number of fused-ring (bicyclic) bond motifs is 1. The van der Waals surface area contributed by atoms with E-state index in [9.17, 15) is 14.7 Å². The van der Waals surface area contributed by atoms with Gasteiger partial charge in [-0.25, -0.2) is 4.98 Å². The molecule has 3 aromatic rings. The highest BCUT2D eigenvalue weighted by molar-refractivity contribution is 6.32. The first-order valence-corrected chi connectivity index (χ1v) is 12.6. The zero-order chi connectivity index (χ0) is 26.4. The minimum atomic E-state index is -0.731. The number of hydrogen-bond donors (Lipinski definition) is 2. The molecular formula is C27H34ClN5O3. The Kier molecular flexibility index (Phi) is 7.12. The SMILES string of the molecule is C=CC(=O)N1C[C@H](CC(=O)c2c(C)nc(CCc3[nH]nc4cc(Cl)c(C(C)(C)C)cc34)n2C)[C@@H](O)C1. The van der Waals surface area contributed by atoms with Crippen LogP contribution >= 0.6 is 11.6 Å². The number of aliphatic hydroxyl groups excluding tert-OH is 1. The first kappa shape index (κ1) is 26.1. The highest BCUT2D eigenvalue weighted by atomic mass is 35.5. The number of aryl methyl sites for hydroxylation is 3. The number of β-amino-alcohol motifs (C(OH)–C–C–N with tert-alkyl or cyclic N) is 1. The van der Waals surface area contributed by atoms with Crippen molar-refractivity contribution in [2.75, 3.05) is 13.1 Å². The Hall–Kier alpha value is -2.97. The summed E-state index contributed by atoms with van der Waals surface area (Å²) in [4.78, 5) is 31.3. The van der Waals surface area contributed by atoms with Gasteiger partial charge in [0, 0.05) is 55.0 Å². The Balaban J connectivity index is 1.50. The molecule has 0 bridgehead atoms. The quantitative estimate of drug-likeness (QED) is 0.369. The number of nitrogens with zero attached hydrogens (tertiary/aromatic N) is 4. The van der Waals surface area contributed by atoms with E-state index in [2.05, 4.69) is 48.6 Å². The summed E-state index contributed by atoms with van der Waals surface area (Å²) in [5, 5.41) is 19.7. The number of imidazole rings is 1. The van der Waals surface area contributed by atoms with E-state index in [0.29, 0.717) is 35.8 Å². The number of carbonyl (C=O) groups excluding carboxylic acids is 2. The van der Waals surface area contributed by atoms with Crippen LogP contribution in [-0.4, -0.2) is 60.6 Å². The molecule has 1 aliphatic heterocycles. The number of Topliss-reactive ketones (excluding diaryl/α,β-unsaturated/α-hetero) is 1. The van der Waals surface area contributed by atoms with Crippen LogP contribution in [0.15, 0.2) is 24.8 Å². The summed E-state index contributed by atoms with van der Waals surface area (Å²) in [6.45, 7) is 12.3. The number of aromatic nitrogens is 4. The third-order valence-corrected chi connectivity index (χ3v) is 7.41. The van der Waals surface area contributed by atoms with Gasteiger partial charge in [-0.2, -0.15) is 5.10 Å². The fraction of sp³-hybridized carbons (Fsp3) is 0.481. The maximum Gasteiger partial charge on any atom is 0.246 e. The molecule has 1 fully saturated rings. The van der Waals surface area contributed by atoms with Crippen LogP contribution in [0.3, 0.4) is 0 Å². The minimum Gasteiger partial charge on any atom is -0.391 e. The molecule has 2 aromatic heterocycles. The largest absolute Gasteiger partial charge is 0.391 e. The molecule has 0 spiro atoms. The van der Waals surface area contributed by atoms with Crippen LogP contribution in [0.2, 0.25) is 5.02 Å². The Morgan fingerprint density at radius 3 is 2.67 bits per heavy atom. The summed E-state index contributed by atoms with van der Waals surface area (Å²) in [7, 11) is 1.85. The Labute approximate surface area is 216 Å². The molecule has 8 nitrogen and oxygen atoms in total. The minimum absolute atomic E-state index is 0.0813. The zero-order valence-electron chi connectivity index (χ0n) is 21.6. The average Bonchev–Trinajstić information content (AvgIpc) is 3.45. The van der Waals surface area contributed by atoms with Crippen molar-refractivity contribution in [3.8, 4) is 0 Å². The van der Waals surface area contributed by atoms with Gasteiger partial charge in [0.15, 0.2) is 5.78 Å². The van der Waals surface area contributed by atoms with Crippen LogP contribution in [0.5, 0.6) is 0 Å². The zero-order valence-corrected chi connectivity index (χ0v) is 22.3. The maximum absolute atomic E-state index is 13.2. The van der Waals surface area contributed by atoms with E-state index in [1.165, 1.54) is 11.0 Å². The molecule has 0 saturated carbocycles. The van der Waals surface area contributed by atoms with Gasteiger partial charge in [-0.1, -0.05) is 39.0 Å². The van der Waals surface area contributed by atoms with Crippen LogP contribution in [0.4, 0.5) is 0 Å².